The number of benzene rings is 3. The zero-order chi connectivity index (χ0) is 26.5. The lowest BCUT2D eigenvalue weighted by Gasteiger charge is -2.14. The predicted octanol–water partition coefficient (Wildman–Crippen LogP) is 3.40. The SMILES string of the molecule is COc1ccc(C(=O)Nc2ccc(F)c(F)c2)cc1NS(=O)(=O)NC(=O)Nc1ccc(C(=O)O)cc1. The van der Waals surface area contributed by atoms with E-state index in [1.807, 2.05) is 0 Å². The lowest BCUT2D eigenvalue weighted by Crippen LogP contribution is -2.38. The van der Waals surface area contributed by atoms with E-state index in [0.29, 0.717) is 0 Å². The number of anilines is 3. The highest BCUT2D eigenvalue weighted by Crippen LogP contribution is 2.27. The Morgan fingerprint density at radius 3 is 2.08 bits per heavy atom. The summed E-state index contributed by atoms with van der Waals surface area (Å²) in [6.45, 7) is 0. The van der Waals surface area contributed by atoms with Crippen LogP contribution in [0.25, 0.3) is 0 Å². The van der Waals surface area contributed by atoms with Gasteiger partial charge in [0.05, 0.1) is 18.4 Å². The fraction of sp³-hybridized carbons (Fsp3) is 0.0455. The molecule has 0 saturated carbocycles. The molecule has 36 heavy (non-hydrogen) atoms. The molecule has 0 aromatic heterocycles. The number of nitrogens with one attached hydrogen (secondary N) is 4. The van der Waals surface area contributed by atoms with Crippen LogP contribution >= 0.6 is 0 Å². The molecule has 0 saturated heterocycles. The van der Waals surface area contributed by atoms with Gasteiger partial charge in [-0.3, -0.25) is 9.52 Å². The number of carbonyl (C=O) groups excluding carboxylic acids is 2. The topological polar surface area (TPSA) is 163 Å². The number of carboxylic acids is 1. The van der Waals surface area contributed by atoms with Crippen molar-refractivity contribution in [2.45, 2.75) is 0 Å². The third-order valence-electron chi connectivity index (χ3n) is 4.50. The van der Waals surface area contributed by atoms with Crippen molar-refractivity contribution in [1.82, 2.24) is 4.72 Å². The molecule has 3 amide bonds. The lowest BCUT2D eigenvalue weighted by atomic mass is 10.1. The van der Waals surface area contributed by atoms with Gasteiger partial charge in [-0.15, -0.1) is 0 Å². The Morgan fingerprint density at radius 1 is 0.833 bits per heavy atom. The first-order valence-corrected chi connectivity index (χ1v) is 11.3. The molecule has 0 heterocycles. The number of hydrogen-bond donors (Lipinski definition) is 5. The molecule has 5 N–H and O–H groups in total. The summed E-state index contributed by atoms with van der Waals surface area (Å²) in [5.41, 5.74) is -0.216. The van der Waals surface area contributed by atoms with E-state index in [0.717, 1.165) is 24.3 Å². The molecule has 188 valence electrons. The fourth-order valence-electron chi connectivity index (χ4n) is 2.85. The first-order chi connectivity index (χ1) is 17.0. The molecule has 0 bridgehead atoms. The lowest BCUT2D eigenvalue weighted by molar-refractivity contribution is 0.0696. The van der Waals surface area contributed by atoms with Gasteiger partial charge in [-0.05, 0) is 54.6 Å². The minimum atomic E-state index is -4.53. The van der Waals surface area contributed by atoms with Crippen LogP contribution in [0.4, 0.5) is 30.6 Å². The van der Waals surface area contributed by atoms with E-state index < -0.39 is 39.8 Å². The smallest absolute Gasteiger partial charge is 0.335 e. The van der Waals surface area contributed by atoms with Gasteiger partial charge in [-0.25, -0.2) is 23.1 Å². The van der Waals surface area contributed by atoms with Crippen LogP contribution in [0.1, 0.15) is 20.7 Å². The van der Waals surface area contributed by atoms with Crippen LogP contribution in [0.2, 0.25) is 0 Å². The minimum Gasteiger partial charge on any atom is -0.495 e. The van der Waals surface area contributed by atoms with Crippen molar-refractivity contribution in [3.8, 4) is 5.75 Å². The summed E-state index contributed by atoms with van der Waals surface area (Å²) in [4.78, 5) is 35.5. The molecule has 3 aromatic rings. The second kappa shape index (κ2) is 10.7. The largest absolute Gasteiger partial charge is 0.495 e. The summed E-state index contributed by atoms with van der Waals surface area (Å²) in [6, 6.07) is 10.2. The number of carbonyl (C=O) groups is 3. The minimum absolute atomic E-state index is 0.00872. The van der Waals surface area contributed by atoms with Crippen LogP contribution in [-0.2, 0) is 10.2 Å². The molecule has 0 aliphatic carbocycles. The first-order valence-electron chi connectivity index (χ1n) is 9.87. The second-order valence-corrected chi connectivity index (χ2v) is 8.46. The average molecular weight is 520 g/mol. The Hall–Kier alpha value is -4.72. The number of rotatable bonds is 8. The summed E-state index contributed by atoms with van der Waals surface area (Å²) in [6.07, 6.45) is 0. The van der Waals surface area contributed by atoms with Gasteiger partial charge in [0.1, 0.15) is 5.75 Å². The number of methoxy groups -OCH3 is 1. The van der Waals surface area contributed by atoms with E-state index in [4.69, 9.17) is 9.84 Å². The highest BCUT2D eigenvalue weighted by molar-refractivity contribution is 7.91. The van der Waals surface area contributed by atoms with E-state index in [-0.39, 0.29) is 33.9 Å². The first kappa shape index (κ1) is 25.9. The number of carboxylic acid groups (broad SMARTS) is 1. The molecule has 3 aromatic carbocycles. The number of amides is 3. The van der Waals surface area contributed by atoms with E-state index in [2.05, 4.69) is 15.4 Å². The van der Waals surface area contributed by atoms with Crippen molar-refractivity contribution in [2.75, 3.05) is 22.5 Å². The normalized spacial score (nSPS) is 10.8. The third kappa shape index (κ3) is 6.66. The molecular weight excluding hydrogens is 502 g/mol. The van der Waals surface area contributed by atoms with Crippen molar-refractivity contribution in [1.29, 1.82) is 0 Å². The highest BCUT2D eigenvalue weighted by Gasteiger charge is 2.19. The zero-order valence-electron chi connectivity index (χ0n) is 18.3. The maximum Gasteiger partial charge on any atom is 0.335 e. The number of hydrogen-bond acceptors (Lipinski definition) is 6. The molecule has 0 radical (unpaired) electrons. The van der Waals surface area contributed by atoms with Crippen molar-refractivity contribution in [2.24, 2.45) is 0 Å². The van der Waals surface area contributed by atoms with E-state index in [1.165, 1.54) is 43.5 Å². The van der Waals surface area contributed by atoms with Crippen LogP contribution < -0.4 is 24.8 Å². The quantitative estimate of drug-likeness (QED) is 0.304. The Morgan fingerprint density at radius 2 is 1.47 bits per heavy atom. The molecule has 3 rings (SSSR count). The van der Waals surface area contributed by atoms with Crippen molar-refractivity contribution in [3.63, 3.8) is 0 Å². The van der Waals surface area contributed by atoms with Gasteiger partial charge in [0.25, 0.3) is 5.91 Å². The fourth-order valence-corrected chi connectivity index (χ4v) is 3.65. The Labute approximate surface area is 203 Å². The van der Waals surface area contributed by atoms with Gasteiger partial charge in [0.2, 0.25) is 0 Å². The Bertz CT molecular complexity index is 1430. The summed E-state index contributed by atoms with van der Waals surface area (Å²) in [5.74, 6) is -4.19. The van der Waals surface area contributed by atoms with Gasteiger partial charge in [0.15, 0.2) is 11.6 Å². The van der Waals surface area contributed by atoms with Crippen LogP contribution in [0.3, 0.4) is 0 Å². The van der Waals surface area contributed by atoms with E-state index in [1.54, 1.807) is 4.72 Å². The standard InChI is InChI=1S/C22H18F2N4O7S/c1-35-19-9-4-13(20(29)25-15-7-8-16(23)17(24)11-15)10-18(19)27-36(33,34)28-22(32)26-14-5-2-12(3-6-14)21(30)31/h2-11,27H,1H3,(H,25,29)(H,30,31)(H2,26,28,32). The molecule has 0 aliphatic rings. The average Bonchev–Trinajstić information content (AvgIpc) is 2.81. The number of ether oxygens (including phenoxy) is 1. The molecule has 0 fully saturated rings. The van der Waals surface area contributed by atoms with E-state index >= 15 is 0 Å². The van der Waals surface area contributed by atoms with Gasteiger partial charge >= 0.3 is 22.2 Å². The number of aromatic carboxylic acids is 1. The molecule has 0 spiro atoms. The zero-order valence-corrected chi connectivity index (χ0v) is 19.2. The van der Waals surface area contributed by atoms with Crippen LogP contribution in [0.5, 0.6) is 5.75 Å². The van der Waals surface area contributed by atoms with Crippen molar-refractivity contribution >= 4 is 45.2 Å². The summed E-state index contributed by atoms with van der Waals surface area (Å²) < 4.78 is 60.2. The van der Waals surface area contributed by atoms with Gasteiger partial charge in [-0.2, -0.15) is 8.42 Å². The molecular formula is C22H18F2N4O7S. The maximum absolute atomic E-state index is 13.4. The molecule has 14 heteroatoms. The number of halogens is 2. The van der Waals surface area contributed by atoms with E-state index in [9.17, 15) is 31.6 Å². The van der Waals surface area contributed by atoms with Crippen LogP contribution in [-0.4, -0.2) is 38.5 Å². The van der Waals surface area contributed by atoms with Crippen molar-refractivity contribution < 1.29 is 41.4 Å². The Balaban J connectivity index is 1.72. The number of urea groups is 1. The molecule has 11 nitrogen and oxygen atoms in total. The Kier molecular flexibility index (Phi) is 7.69. The van der Waals surface area contributed by atoms with Crippen molar-refractivity contribution in [3.05, 3.63) is 83.4 Å². The third-order valence-corrected chi connectivity index (χ3v) is 5.44. The van der Waals surface area contributed by atoms with Gasteiger partial charge in [0, 0.05) is 23.0 Å². The summed E-state index contributed by atoms with van der Waals surface area (Å²) in [7, 11) is -3.28. The van der Waals surface area contributed by atoms with Gasteiger partial charge < -0.3 is 20.5 Å². The monoisotopic (exact) mass is 520 g/mol. The maximum atomic E-state index is 13.4. The molecule has 0 aliphatic heterocycles. The molecule has 0 unspecified atom stereocenters. The summed E-state index contributed by atoms with van der Waals surface area (Å²) >= 11 is 0. The van der Waals surface area contributed by atoms with Gasteiger partial charge in [-0.1, -0.05) is 0 Å². The highest BCUT2D eigenvalue weighted by atomic mass is 32.2. The van der Waals surface area contributed by atoms with Crippen LogP contribution in [0.15, 0.2) is 60.7 Å². The summed E-state index contributed by atoms with van der Waals surface area (Å²) in [5, 5.41) is 13.5. The molecule has 0 atom stereocenters. The second-order valence-electron chi connectivity index (χ2n) is 7.04. The predicted molar refractivity (Wildman–Crippen MR) is 125 cm³/mol. The van der Waals surface area contributed by atoms with Crippen LogP contribution in [0, 0.1) is 11.6 Å².